The van der Waals surface area contributed by atoms with Gasteiger partial charge in [-0.1, -0.05) is 0 Å². The van der Waals surface area contributed by atoms with Crippen molar-refractivity contribution >= 4 is 6.01 Å². The number of hydrogen-bond acceptors (Lipinski definition) is 4. The molecule has 70 valence electrons. The molecule has 12 heavy (non-hydrogen) atoms. The largest absolute Gasteiger partial charge is 0.309 e. The van der Waals surface area contributed by atoms with E-state index in [4.69, 9.17) is 0 Å². The maximum Gasteiger partial charge on any atom is 0.114 e. The van der Waals surface area contributed by atoms with E-state index >= 15 is 0 Å². The van der Waals surface area contributed by atoms with E-state index in [1.807, 2.05) is 6.92 Å². The third-order valence-electron chi connectivity index (χ3n) is 1.25. The van der Waals surface area contributed by atoms with Crippen LogP contribution in [0.3, 0.4) is 0 Å². The van der Waals surface area contributed by atoms with Gasteiger partial charge in [0.15, 0.2) is 0 Å². The first kappa shape index (κ1) is 11.1. The van der Waals surface area contributed by atoms with Crippen LogP contribution in [0.15, 0.2) is 10.1 Å². The number of nitrogens with one attached hydrogen (secondary N) is 1. The third kappa shape index (κ3) is 9.14. The maximum atomic E-state index is 3.81. The van der Waals surface area contributed by atoms with Crippen molar-refractivity contribution < 1.29 is 0 Å². The smallest absolute Gasteiger partial charge is 0.114 e. The van der Waals surface area contributed by atoms with Crippen LogP contribution in [0.2, 0.25) is 0 Å². The number of hydrazone groups is 1. The van der Waals surface area contributed by atoms with Crippen molar-refractivity contribution in [1.82, 2.24) is 10.3 Å². The minimum absolute atomic E-state index is 0.739. The fourth-order valence-electron chi connectivity index (χ4n) is 0.672. The average Bonchev–Trinajstić information content (AvgIpc) is 2.02. The molecule has 0 unspecified atom stereocenters. The summed E-state index contributed by atoms with van der Waals surface area (Å²) in [6.07, 6.45) is 1.09. The van der Waals surface area contributed by atoms with E-state index in [9.17, 15) is 0 Å². The highest BCUT2D eigenvalue weighted by atomic mass is 15.3. The summed E-state index contributed by atoms with van der Waals surface area (Å²) in [6.45, 7) is 4.65. The normalized spacial score (nSPS) is 9.33. The Morgan fingerprint density at radius 1 is 1.42 bits per heavy atom. The zero-order chi connectivity index (χ0) is 9.23. The number of hydrogen-bond donors (Lipinski definition) is 1. The Labute approximate surface area is 74.4 Å². The fourth-order valence-corrected chi connectivity index (χ4v) is 0.672. The molecule has 1 N–H and O–H groups in total. The second-order valence-corrected chi connectivity index (χ2v) is 2.75. The summed E-state index contributed by atoms with van der Waals surface area (Å²) < 4.78 is 0. The lowest BCUT2D eigenvalue weighted by Gasteiger charge is -2.07. The van der Waals surface area contributed by atoms with Crippen LogP contribution in [-0.2, 0) is 0 Å². The molecule has 0 heterocycles. The molecule has 0 saturated carbocycles. The minimum Gasteiger partial charge on any atom is -0.309 e. The van der Waals surface area contributed by atoms with Gasteiger partial charge in [-0.3, -0.25) is 0 Å². The van der Waals surface area contributed by atoms with E-state index in [1.54, 1.807) is 0 Å². The van der Waals surface area contributed by atoms with Crippen molar-refractivity contribution in [3.63, 3.8) is 0 Å². The van der Waals surface area contributed by atoms with Gasteiger partial charge in [0, 0.05) is 13.1 Å². The van der Waals surface area contributed by atoms with Crippen LogP contribution in [0.4, 0.5) is 0 Å². The van der Waals surface area contributed by atoms with E-state index in [1.165, 1.54) is 0 Å². The second-order valence-electron chi connectivity index (χ2n) is 2.75. The van der Waals surface area contributed by atoms with Crippen molar-refractivity contribution in [2.75, 3.05) is 33.7 Å². The number of nitrogens with zero attached hydrogens (tertiary/aromatic N) is 3. The second kappa shape index (κ2) is 8.24. The highest BCUT2D eigenvalue weighted by Gasteiger charge is 1.87. The predicted octanol–water partition coefficient (Wildman–Crippen LogP) is 0.637. The predicted molar refractivity (Wildman–Crippen MR) is 51.6 cm³/mol. The van der Waals surface area contributed by atoms with Gasteiger partial charge in [-0.25, -0.2) is 4.99 Å². The van der Waals surface area contributed by atoms with E-state index < -0.39 is 0 Å². The maximum absolute atomic E-state index is 3.81. The molecule has 0 aliphatic rings. The Morgan fingerprint density at radius 3 is 2.75 bits per heavy atom. The Balaban J connectivity index is 3.16. The first-order chi connectivity index (χ1) is 5.77. The molecular formula is C8H18N4. The molecule has 0 aromatic heterocycles. The van der Waals surface area contributed by atoms with Crippen LogP contribution in [0, 0.1) is 0 Å². The average molecular weight is 170 g/mol. The summed E-state index contributed by atoms with van der Waals surface area (Å²) in [5, 5.41) is 3.77. The Hall–Kier alpha value is -0.860. The van der Waals surface area contributed by atoms with Crippen molar-refractivity contribution in [3.05, 3.63) is 0 Å². The summed E-state index contributed by atoms with van der Waals surface area (Å²) in [6, 6.07) is 2.55. The van der Waals surface area contributed by atoms with Crippen molar-refractivity contribution in [2.24, 2.45) is 10.1 Å². The summed E-state index contributed by atoms with van der Waals surface area (Å²) in [5.41, 5.74) is 2.87. The molecule has 4 nitrogen and oxygen atoms in total. The van der Waals surface area contributed by atoms with Gasteiger partial charge in [-0.15, -0.1) is 5.10 Å². The van der Waals surface area contributed by atoms with Gasteiger partial charge in [0.05, 0.1) is 0 Å². The molecule has 0 spiro atoms. The molecule has 0 rings (SSSR count). The van der Waals surface area contributed by atoms with Gasteiger partial charge in [0.2, 0.25) is 0 Å². The van der Waals surface area contributed by atoms with Crippen LogP contribution >= 0.6 is 0 Å². The number of rotatable bonds is 6. The fraction of sp³-hybridized carbons (Fsp3) is 0.875. The van der Waals surface area contributed by atoms with Crippen LogP contribution < -0.4 is 5.43 Å². The van der Waals surface area contributed by atoms with E-state index in [0.717, 1.165) is 26.1 Å². The third-order valence-corrected chi connectivity index (χ3v) is 1.25. The summed E-state index contributed by atoms with van der Waals surface area (Å²) in [5.74, 6) is 0. The summed E-state index contributed by atoms with van der Waals surface area (Å²) >= 11 is 0. The summed E-state index contributed by atoms with van der Waals surface area (Å²) in [4.78, 5) is 5.96. The zero-order valence-corrected chi connectivity index (χ0v) is 8.17. The first-order valence-electron chi connectivity index (χ1n) is 4.26. The molecule has 0 aromatic rings. The molecular weight excluding hydrogens is 152 g/mol. The lowest BCUT2D eigenvalue weighted by atomic mass is 10.4. The van der Waals surface area contributed by atoms with Gasteiger partial charge < -0.3 is 10.3 Å². The van der Waals surface area contributed by atoms with Gasteiger partial charge in [-0.05, 0) is 34.0 Å². The SMILES string of the molecule is CCN=C=NNCCCN(C)C. The molecule has 0 saturated heterocycles. The van der Waals surface area contributed by atoms with Crippen molar-refractivity contribution in [2.45, 2.75) is 13.3 Å². The quantitative estimate of drug-likeness (QED) is 0.361. The van der Waals surface area contributed by atoms with Crippen molar-refractivity contribution in [3.8, 4) is 0 Å². The molecule has 0 aromatic carbocycles. The van der Waals surface area contributed by atoms with Crippen LogP contribution in [0.5, 0.6) is 0 Å². The van der Waals surface area contributed by atoms with Crippen molar-refractivity contribution in [1.29, 1.82) is 0 Å². The first-order valence-corrected chi connectivity index (χ1v) is 4.26. The molecule has 0 aliphatic carbocycles. The molecule has 0 fully saturated rings. The Morgan fingerprint density at radius 2 is 2.17 bits per heavy atom. The monoisotopic (exact) mass is 170 g/mol. The van der Waals surface area contributed by atoms with E-state index in [-0.39, 0.29) is 0 Å². The molecule has 4 heteroatoms. The molecule has 0 bridgehead atoms. The molecule has 0 radical (unpaired) electrons. The van der Waals surface area contributed by atoms with E-state index in [0.29, 0.717) is 0 Å². The van der Waals surface area contributed by atoms with Crippen LogP contribution in [0.1, 0.15) is 13.3 Å². The summed E-state index contributed by atoms with van der Waals surface area (Å²) in [7, 11) is 4.11. The lowest BCUT2D eigenvalue weighted by Crippen LogP contribution is -2.18. The molecule has 0 amide bonds. The Kier molecular flexibility index (Phi) is 7.65. The van der Waals surface area contributed by atoms with Gasteiger partial charge in [-0.2, -0.15) is 0 Å². The van der Waals surface area contributed by atoms with Gasteiger partial charge in [0.25, 0.3) is 0 Å². The minimum atomic E-state index is 0.739. The van der Waals surface area contributed by atoms with Gasteiger partial charge in [0.1, 0.15) is 6.01 Å². The molecule has 0 aliphatic heterocycles. The van der Waals surface area contributed by atoms with Crippen LogP contribution in [-0.4, -0.2) is 44.6 Å². The standard InChI is InChI=1S/C8H18N4/c1-4-9-8-11-10-6-5-7-12(2)3/h10H,4-7H2,1-3H3. The lowest BCUT2D eigenvalue weighted by molar-refractivity contribution is 0.396. The number of aliphatic imine (C=N–C) groups is 1. The highest BCUT2D eigenvalue weighted by Crippen LogP contribution is 1.79. The zero-order valence-electron chi connectivity index (χ0n) is 8.17. The highest BCUT2D eigenvalue weighted by molar-refractivity contribution is 5.40. The van der Waals surface area contributed by atoms with E-state index in [2.05, 4.69) is 40.5 Å². The Bertz CT molecular complexity index is 147. The topological polar surface area (TPSA) is 40.0 Å². The van der Waals surface area contributed by atoms with Gasteiger partial charge >= 0.3 is 0 Å². The molecule has 0 atom stereocenters. The van der Waals surface area contributed by atoms with Crippen LogP contribution in [0.25, 0.3) is 0 Å².